The van der Waals surface area contributed by atoms with E-state index in [0.717, 1.165) is 11.1 Å². The molecule has 3 N–H and O–H groups in total. The summed E-state index contributed by atoms with van der Waals surface area (Å²) in [5.74, 6) is 0.966. The molecule has 0 radical (unpaired) electrons. The summed E-state index contributed by atoms with van der Waals surface area (Å²) in [6.45, 7) is 2.61. The minimum Gasteiger partial charge on any atom is -0.502 e. The highest BCUT2D eigenvalue weighted by molar-refractivity contribution is 14.0. The van der Waals surface area contributed by atoms with Crippen molar-refractivity contribution in [1.29, 1.82) is 0 Å². The van der Waals surface area contributed by atoms with Crippen LogP contribution in [0.2, 0.25) is 0 Å². The number of guanidine groups is 1. The van der Waals surface area contributed by atoms with Gasteiger partial charge in [0.2, 0.25) is 5.75 Å². The van der Waals surface area contributed by atoms with E-state index in [1.165, 1.54) is 20.3 Å². The molecule has 0 saturated heterocycles. The zero-order valence-corrected chi connectivity index (χ0v) is 18.1. The third-order valence-electron chi connectivity index (χ3n) is 3.92. The van der Waals surface area contributed by atoms with Crippen LogP contribution < -0.4 is 20.1 Å². The first kappa shape index (κ1) is 22.8. The van der Waals surface area contributed by atoms with Gasteiger partial charge in [-0.2, -0.15) is 0 Å². The Bertz CT molecular complexity index is 775. The summed E-state index contributed by atoms with van der Waals surface area (Å²) in [4.78, 5) is 4.15. The number of hydrogen-bond acceptors (Lipinski definition) is 4. The lowest BCUT2D eigenvalue weighted by Gasteiger charge is -2.14. The monoisotopic (exact) mass is 489 g/mol. The molecule has 2 aromatic carbocycles. The predicted molar refractivity (Wildman–Crippen MR) is 115 cm³/mol. The van der Waals surface area contributed by atoms with Crippen LogP contribution in [0.3, 0.4) is 0 Å². The van der Waals surface area contributed by atoms with E-state index in [0.29, 0.717) is 36.1 Å². The van der Waals surface area contributed by atoms with Gasteiger partial charge in [-0.15, -0.1) is 24.0 Å². The molecule has 0 aliphatic rings. The molecule has 0 heterocycles. The summed E-state index contributed by atoms with van der Waals surface area (Å²) in [5, 5.41) is 16.2. The summed E-state index contributed by atoms with van der Waals surface area (Å²) in [6, 6.07) is 8.55. The van der Waals surface area contributed by atoms with E-state index >= 15 is 0 Å². The second kappa shape index (κ2) is 10.8. The predicted octanol–water partition coefficient (Wildman–Crippen LogP) is 3.34. The van der Waals surface area contributed by atoms with Crippen molar-refractivity contribution >= 4 is 29.9 Å². The number of phenolic OH excluding ortho intramolecular Hbond substituents is 1. The molecular formula is C19H25FIN3O3. The molecule has 2 rings (SSSR count). The van der Waals surface area contributed by atoms with Crippen LogP contribution in [-0.2, 0) is 13.1 Å². The van der Waals surface area contributed by atoms with Crippen molar-refractivity contribution in [2.75, 3.05) is 21.3 Å². The molecule has 0 aliphatic carbocycles. The molecule has 0 atom stereocenters. The van der Waals surface area contributed by atoms with E-state index in [4.69, 9.17) is 9.47 Å². The normalized spacial score (nSPS) is 10.8. The second-order valence-electron chi connectivity index (χ2n) is 5.71. The van der Waals surface area contributed by atoms with Crippen molar-refractivity contribution in [1.82, 2.24) is 10.6 Å². The molecule has 0 aliphatic heterocycles. The van der Waals surface area contributed by atoms with Crippen LogP contribution in [0.4, 0.5) is 4.39 Å². The topological polar surface area (TPSA) is 75.1 Å². The van der Waals surface area contributed by atoms with Gasteiger partial charge in [-0.1, -0.05) is 12.1 Å². The van der Waals surface area contributed by atoms with E-state index in [1.807, 2.05) is 6.07 Å². The van der Waals surface area contributed by atoms with Crippen molar-refractivity contribution in [2.45, 2.75) is 20.0 Å². The van der Waals surface area contributed by atoms with Crippen molar-refractivity contribution in [3.05, 3.63) is 52.8 Å². The lowest BCUT2D eigenvalue weighted by atomic mass is 10.1. The Kier molecular flexibility index (Phi) is 9.13. The summed E-state index contributed by atoms with van der Waals surface area (Å²) >= 11 is 0. The fourth-order valence-corrected chi connectivity index (χ4v) is 2.39. The number of benzene rings is 2. The highest BCUT2D eigenvalue weighted by Crippen LogP contribution is 2.36. The number of methoxy groups -OCH3 is 2. The van der Waals surface area contributed by atoms with Crippen molar-refractivity contribution in [3.63, 3.8) is 0 Å². The van der Waals surface area contributed by atoms with E-state index in [2.05, 4.69) is 15.6 Å². The van der Waals surface area contributed by atoms with Gasteiger partial charge in [0.1, 0.15) is 5.82 Å². The Morgan fingerprint density at radius 2 is 1.59 bits per heavy atom. The molecule has 0 spiro atoms. The largest absolute Gasteiger partial charge is 0.502 e. The van der Waals surface area contributed by atoms with Gasteiger partial charge < -0.3 is 25.2 Å². The number of phenols is 1. The lowest BCUT2D eigenvalue weighted by molar-refractivity contribution is 0.339. The van der Waals surface area contributed by atoms with Gasteiger partial charge in [-0.05, 0) is 41.8 Å². The third kappa shape index (κ3) is 6.16. The first-order chi connectivity index (χ1) is 12.5. The first-order valence-electron chi connectivity index (χ1n) is 8.12. The fourth-order valence-electron chi connectivity index (χ4n) is 2.39. The van der Waals surface area contributed by atoms with Gasteiger partial charge in [-0.25, -0.2) is 4.39 Å². The highest BCUT2D eigenvalue weighted by Gasteiger charge is 2.11. The molecule has 8 heteroatoms. The van der Waals surface area contributed by atoms with Crippen LogP contribution in [0.1, 0.15) is 16.7 Å². The molecule has 148 valence electrons. The maximum atomic E-state index is 13.6. The van der Waals surface area contributed by atoms with E-state index < -0.39 is 0 Å². The van der Waals surface area contributed by atoms with Crippen molar-refractivity contribution in [2.24, 2.45) is 4.99 Å². The maximum Gasteiger partial charge on any atom is 0.200 e. The van der Waals surface area contributed by atoms with Crippen LogP contribution in [0.15, 0.2) is 35.3 Å². The Balaban J connectivity index is 0.00000364. The number of aromatic hydroxyl groups is 1. The molecule has 27 heavy (non-hydrogen) atoms. The Morgan fingerprint density at radius 3 is 2.07 bits per heavy atom. The third-order valence-corrected chi connectivity index (χ3v) is 3.92. The molecule has 2 aromatic rings. The number of aliphatic imine (C=N–C) groups is 1. The minimum atomic E-state index is -0.226. The first-order valence-corrected chi connectivity index (χ1v) is 8.12. The van der Waals surface area contributed by atoms with Gasteiger partial charge in [0.15, 0.2) is 17.5 Å². The van der Waals surface area contributed by atoms with E-state index in [1.54, 1.807) is 32.2 Å². The smallest absolute Gasteiger partial charge is 0.200 e. The summed E-state index contributed by atoms with van der Waals surface area (Å²) in [6.07, 6.45) is 0. The molecule has 0 bridgehead atoms. The quantitative estimate of drug-likeness (QED) is 0.330. The molecule has 0 fully saturated rings. The van der Waals surface area contributed by atoms with Crippen molar-refractivity contribution in [3.8, 4) is 17.2 Å². The summed E-state index contributed by atoms with van der Waals surface area (Å²) < 4.78 is 23.9. The number of aryl methyl sites for hydroxylation is 1. The number of hydrogen-bond donors (Lipinski definition) is 3. The van der Waals surface area contributed by atoms with Gasteiger partial charge in [0.25, 0.3) is 0 Å². The number of halogens is 2. The highest BCUT2D eigenvalue weighted by atomic mass is 127. The Labute approximate surface area is 175 Å². The Morgan fingerprint density at radius 1 is 1.04 bits per heavy atom. The molecule has 0 unspecified atom stereocenters. The SMILES string of the molecule is CN=C(NCc1ccc(C)c(F)c1)NCc1cc(OC)c(O)c(OC)c1.I. The minimum absolute atomic E-state index is 0. The molecular weight excluding hydrogens is 464 g/mol. The van der Waals surface area contributed by atoms with E-state index in [-0.39, 0.29) is 35.5 Å². The Hall–Kier alpha value is -2.23. The number of nitrogens with one attached hydrogen (secondary N) is 2. The van der Waals surface area contributed by atoms with Crippen LogP contribution in [-0.4, -0.2) is 32.3 Å². The number of rotatable bonds is 6. The molecule has 0 aromatic heterocycles. The standard InChI is InChI=1S/C19H24FN3O3.HI/c1-12-5-6-13(7-15(12)20)10-22-19(21-2)23-11-14-8-16(25-3)18(24)17(9-14)26-4;/h5-9,24H,10-11H2,1-4H3,(H2,21,22,23);1H. The van der Waals surface area contributed by atoms with Gasteiger partial charge in [0.05, 0.1) is 14.2 Å². The van der Waals surface area contributed by atoms with Crippen LogP contribution in [0.5, 0.6) is 17.2 Å². The lowest BCUT2D eigenvalue weighted by Crippen LogP contribution is -2.36. The van der Waals surface area contributed by atoms with Gasteiger partial charge in [0, 0.05) is 20.1 Å². The average Bonchev–Trinajstić information content (AvgIpc) is 2.65. The number of nitrogens with zero attached hydrogens (tertiary/aromatic N) is 1. The fraction of sp³-hybridized carbons (Fsp3) is 0.316. The zero-order chi connectivity index (χ0) is 19.1. The molecule has 0 amide bonds. The van der Waals surface area contributed by atoms with Crippen LogP contribution in [0.25, 0.3) is 0 Å². The zero-order valence-electron chi connectivity index (χ0n) is 15.8. The average molecular weight is 489 g/mol. The maximum absolute atomic E-state index is 13.6. The second-order valence-corrected chi connectivity index (χ2v) is 5.71. The van der Waals surface area contributed by atoms with Crippen molar-refractivity contribution < 1.29 is 19.0 Å². The van der Waals surface area contributed by atoms with Gasteiger partial charge in [-0.3, -0.25) is 4.99 Å². The van der Waals surface area contributed by atoms with Crippen LogP contribution in [0, 0.1) is 12.7 Å². The number of ether oxygens (including phenoxy) is 2. The molecule has 6 nitrogen and oxygen atoms in total. The van der Waals surface area contributed by atoms with Crippen LogP contribution >= 0.6 is 24.0 Å². The van der Waals surface area contributed by atoms with Gasteiger partial charge >= 0.3 is 0 Å². The summed E-state index contributed by atoms with van der Waals surface area (Å²) in [5.41, 5.74) is 2.29. The van der Waals surface area contributed by atoms with E-state index in [9.17, 15) is 9.50 Å². The molecule has 0 saturated carbocycles. The summed E-state index contributed by atoms with van der Waals surface area (Å²) in [7, 11) is 4.61.